The highest BCUT2D eigenvalue weighted by Crippen LogP contribution is 2.27. The van der Waals surface area contributed by atoms with Crippen LogP contribution in [0.5, 0.6) is 0 Å². The highest BCUT2D eigenvalue weighted by molar-refractivity contribution is 5.94. The van der Waals surface area contributed by atoms with Crippen LogP contribution in [-0.2, 0) is 16.0 Å². The molecule has 1 aliphatic heterocycles. The third-order valence-corrected chi connectivity index (χ3v) is 3.19. The summed E-state index contributed by atoms with van der Waals surface area (Å²) in [5, 5.41) is 2.82. The summed E-state index contributed by atoms with van der Waals surface area (Å²) in [7, 11) is 1.36. The maximum atomic E-state index is 12.0. The SMILES string of the molecule is COC(=O)CCCNC(=O)N1CCc2ccccc21. The van der Waals surface area contributed by atoms with E-state index in [4.69, 9.17) is 0 Å². The summed E-state index contributed by atoms with van der Waals surface area (Å²) in [6, 6.07) is 7.81. The number of carbonyl (C=O) groups excluding carboxylic acids is 2. The Balaban J connectivity index is 1.80. The van der Waals surface area contributed by atoms with Crippen LogP contribution in [0, 0.1) is 0 Å². The molecule has 0 spiro atoms. The van der Waals surface area contributed by atoms with Crippen molar-refractivity contribution in [3.63, 3.8) is 0 Å². The van der Waals surface area contributed by atoms with Gasteiger partial charge >= 0.3 is 12.0 Å². The molecule has 0 saturated heterocycles. The number of hydrogen-bond acceptors (Lipinski definition) is 3. The van der Waals surface area contributed by atoms with Crippen molar-refractivity contribution < 1.29 is 14.3 Å². The Hall–Kier alpha value is -2.04. The highest BCUT2D eigenvalue weighted by atomic mass is 16.5. The summed E-state index contributed by atoms with van der Waals surface area (Å²) in [6.45, 7) is 1.19. The lowest BCUT2D eigenvalue weighted by Crippen LogP contribution is -2.39. The van der Waals surface area contributed by atoms with Crippen LogP contribution in [0.3, 0.4) is 0 Å². The number of amides is 2. The topological polar surface area (TPSA) is 58.6 Å². The molecule has 0 aliphatic carbocycles. The van der Waals surface area contributed by atoms with Gasteiger partial charge in [0.05, 0.1) is 7.11 Å². The molecule has 0 unspecified atom stereocenters. The first-order chi connectivity index (χ1) is 9.22. The molecule has 0 radical (unpaired) electrons. The summed E-state index contributed by atoms with van der Waals surface area (Å²) in [5.74, 6) is -0.249. The van der Waals surface area contributed by atoms with E-state index in [1.807, 2.05) is 24.3 Å². The Morgan fingerprint density at radius 2 is 2.16 bits per heavy atom. The number of methoxy groups -OCH3 is 1. The van der Waals surface area contributed by atoms with Gasteiger partial charge in [-0.2, -0.15) is 0 Å². The molecular formula is C14H18N2O3. The minimum atomic E-state index is -0.249. The Morgan fingerprint density at radius 1 is 1.37 bits per heavy atom. The molecule has 0 aromatic heterocycles. The molecule has 1 aliphatic rings. The van der Waals surface area contributed by atoms with Crippen molar-refractivity contribution in [3.8, 4) is 0 Å². The number of rotatable bonds is 4. The normalized spacial score (nSPS) is 13.0. The van der Waals surface area contributed by atoms with E-state index >= 15 is 0 Å². The number of fused-ring (bicyclic) bond motifs is 1. The van der Waals surface area contributed by atoms with Gasteiger partial charge in [-0.05, 0) is 24.5 Å². The largest absolute Gasteiger partial charge is 0.469 e. The molecule has 1 aromatic rings. The van der Waals surface area contributed by atoms with E-state index in [0.29, 0.717) is 25.9 Å². The Labute approximate surface area is 112 Å². The predicted molar refractivity (Wildman–Crippen MR) is 72.1 cm³/mol. The molecule has 1 heterocycles. The Bertz CT molecular complexity index is 474. The van der Waals surface area contributed by atoms with E-state index in [-0.39, 0.29) is 12.0 Å². The number of ether oxygens (including phenoxy) is 1. The molecule has 1 aromatic carbocycles. The minimum Gasteiger partial charge on any atom is -0.469 e. The van der Waals surface area contributed by atoms with Crippen molar-refractivity contribution in [3.05, 3.63) is 29.8 Å². The van der Waals surface area contributed by atoms with Crippen molar-refractivity contribution in [1.29, 1.82) is 0 Å². The molecule has 2 amide bonds. The van der Waals surface area contributed by atoms with E-state index in [1.54, 1.807) is 4.90 Å². The molecular weight excluding hydrogens is 244 g/mol. The smallest absolute Gasteiger partial charge is 0.321 e. The van der Waals surface area contributed by atoms with Crippen LogP contribution in [0.4, 0.5) is 10.5 Å². The fourth-order valence-electron chi connectivity index (χ4n) is 2.17. The summed E-state index contributed by atoms with van der Waals surface area (Å²) < 4.78 is 4.54. The summed E-state index contributed by atoms with van der Waals surface area (Å²) in [4.78, 5) is 24.7. The second-order valence-electron chi connectivity index (χ2n) is 4.44. The van der Waals surface area contributed by atoms with Crippen molar-refractivity contribution in [2.24, 2.45) is 0 Å². The van der Waals surface area contributed by atoms with E-state index in [1.165, 1.54) is 12.7 Å². The lowest BCUT2D eigenvalue weighted by atomic mass is 10.2. The first-order valence-corrected chi connectivity index (χ1v) is 6.42. The van der Waals surface area contributed by atoms with Gasteiger partial charge in [-0.15, -0.1) is 0 Å². The fraction of sp³-hybridized carbons (Fsp3) is 0.429. The molecule has 5 heteroatoms. The standard InChI is InChI=1S/C14H18N2O3/c1-19-13(17)7-4-9-15-14(18)16-10-8-11-5-2-3-6-12(11)16/h2-3,5-6H,4,7-10H2,1H3,(H,15,18). The monoisotopic (exact) mass is 262 g/mol. The number of urea groups is 1. The van der Waals surface area contributed by atoms with Gasteiger partial charge in [0.2, 0.25) is 0 Å². The maximum Gasteiger partial charge on any atom is 0.321 e. The molecule has 2 rings (SSSR count). The number of hydrogen-bond donors (Lipinski definition) is 1. The zero-order valence-electron chi connectivity index (χ0n) is 11.0. The van der Waals surface area contributed by atoms with Crippen molar-refractivity contribution in [1.82, 2.24) is 5.32 Å². The minimum absolute atomic E-state index is 0.102. The third kappa shape index (κ3) is 3.24. The second-order valence-corrected chi connectivity index (χ2v) is 4.44. The summed E-state index contributed by atoms with van der Waals surface area (Å²) >= 11 is 0. The van der Waals surface area contributed by atoms with Gasteiger partial charge in [-0.3, -0.25) is 9.69 Å². The predicted octanol–water partition coefficient (Wildman–Crippen LogP) is 1.71. The van der Waals surface area contributed by atoms with Crippen LogP contribution in [0.1, 0.15) is 18.4 Å². The summed E-state index contributed by atoms with van der Waals surface area (Å²) in [6.07, 6.45) is 1.81. The maximum absolute atomic E-state index is 12.0. The lowest BCUT2D eigenvalue weighted by molar-refractivity contribution is -0.140. The molecule has 19 heavy (non-hydrogen) atoms. The van der Waals surface area contributed by atoms with Gasteiger partial charge < -0.3 is 10.1 Å². The van der Waals surface area contributed by atoms with E-state index in [9.17, 15) is 9.59 Å². The van der Waals surface area contributed by atoms with Crippen LogP contribution >= 0.6 is 0 Å². The molecule has 0 bridgehead atoms. The number of esters is 1. The van der Waals surface area contributed by atoms with Crippen molar-refractivity contribution in [2.75, 3.05) is 25.1 Å². The fourth-order valence-corrected chi connectivity index (χ4v) is 2.17. The Morgan fingerprint density at radius 3 is 2.95 bits per heavy atom. The lowest BCUT2D eigenvalue weighted by Gasteiger charge is -2.17. The second kappa shape index (κ2) is 6.22. The number of benzene rings is 1. The van der Waals surface area contributed by atoms with Gasteiger partial charge in [-0.1, -0.05) is 18.2 Å². The molecule has 0 saturated carbocycles. The van der Waals surface area contributed by atoms with E-state index < -0.39 is 0 Å². The van der Waals surface area contributed by atoms with Crippen LogP contribution in [-0.4, -0.2) is 32.2 Å². The number of para-hydroxylation sites is 1. The van der Waals surface area contributed by atoms with E-state index in [2.05, 4.69) is 10.1 Å². The van der Waals surface area contributed by atoms with Gasteiger partial charge in [0.25, 0.3) is 0 Å². The van der Waals surface area contributed by atoms with E-state index in [0.717, 1.165) is 12.1 Å². The molecule has 1 N–H and O–H groups in total. The first-order valence-electron chi connectivity index (χ1n) is 6.42. The van der Waals surface area contributed by atoms with Gasteiger partial charge in [0.1, 0.15) is 0 Å². The molecule has 0 atom stereocenters. The summed E-state index contributed by atoms with van der Waals surface area (Å²) in [5.41, 5.74) is 2.18. The van der Waals surface area contributed by atoms with Crippen LogP contribution in [0.2, 0.25) is 0 Å². The van der Waals surface area contributed by atoms with Crippen molar-refractivity contribution in [2.45, 2.75) is 19.3 Å². The molecule has 5 nitrogen and oxygen atoms in total. The zero-order chi connectivity index (χ0) is 13.7. The van der Waals surface area contributed by atoms with Gasteiger partial charge in [0, 0.05) is 25.2 Å². The number of nitrogens with zero attached hydrogens (tertiary/aromatic N) is 1. The van der Waals surface area contributed by atoms with Crippen molar-refractivity contribution >= 4 is 17.7 Å². The number of anilines is 1. The number of nitrogens with one attached hydrogen (secondary N) is 1. The Kier molecular flexibility index (Phi) is 4.39. The number of carbonyl (C=O) groups is 2. The first kappa shape index (κ1) is 13.4. The molecule has 102 valence electrons. The average molecular weight is 262 g/mol. The highest BCUT2D eigenvalue weighted by Gasteiger charge is 2.23. The zero-order valence-corrected chi connectivity index (χ0v) is 11.0. The van der Waals surface area contributed by atoms with Crippen LogP contribution in [0.25, 0.3) is 0 Å². The van der Waals surface area contributed by atoms with Gasteiger partial charge in [-0.25, -0.2) is 4.79 Å². The molecule has 0 fully saturated rings. The van der Waals surface area contributed by atoms with Crippen LogP contribution in [0.15, 0.2) is 24.3 Å². The quantitative estimate of drug-likeness (QED) is 0.664. The van der Waals surface area contributed by atoms with Crippen LogP contribution < -0.4 is 10.2 Å². The average Bonchev–Trinajstić information content (AvgIpc) is 2.87. The van der Waals surface area contributed by atoms with Gasteiger partial charge in [0.15, 0.2) is 0 Å². The third-order valence-electron chi connectivity index (χ3n) is 3.19.